The largest absolute Gasteiger partial charge is 0.341 e. The van der Waals surface area contributed by atoms with Gasteiger partial charge in [0.1, 0.15) is 0 Å². The van der Waals surface area contributed by atoms with E-state index in [1.807, 2.05) is 13.0 Å². The van der Waals surface area contributed by atoms with Gasteiger partial charge >= 0.3 is 6.03 Å². The molecule has 0 unspecified atom stereocenters. The third-order valence-electron chi connectivity index (χ3n) is 2.14. The predicted octanol–water partition coefficient (Wildman–Crippen LogP) is 2.98. The molecule has 0 aliphatic rings. The second-order valence-corrected chi connectivity index (χ2v) is 4.56. The maximum absolute atomic E-state index is 11.0. The molecule has 2 amide bonds. The molecule has 0 aromatic carbocycles. The monoisotopic (exact) mass is 222 g/mol. The van der Waals surface area contributed by atoms with Gasteiger partial charge in [-0.3, -0.25) is 0 Å². The maximum atomic E-state index is 11.0. The molecule has 0 saturated carbocycles. The number of carbonyl (C=O) groups is 1. The predicted molar refractivity (Wildman–Crippen MR) is 69.1 cm³/mol. The fourth-order valence-electron chi connectivity index (χ4n) is 1.22. The van der Waals surface area contributed by atoms with Crippen LogP contribution >= 0.6 is 0 Å². The normalized spacial score (nSPS) is 12.7. The summed E-state index contributed by atoms with van der Waals surface area (Å²) in [6.45, 7) is 12.2. The van der Waals surface area contributed by atoms with Crippen molar-refractivity contribution in [2.24, 2.45) is 5.41 Å². The van der Waals surface area contributed by atoms with Crippen molar-refractivity contribution in [3.63, 3.8) is 0 Å². The van der Waals surface area contributed by atoms with Crippen molar-refractivity contribution in [3.8, 4) is 0 Å². The summed E-state index contributed by atoms with van der Waals surface area (Å²) >= 11 is 0. The molecular weight excluding hydrogens is 200 g/mol. The zero-order valence-electron chi connectivity index (χ0n) is 10.8. The van der Waals surface area contributed by atoms with E-state index in [2.05, 4.69) is 44.1 Å². The summed E-state index contributed by atoms with van der Waals surface area (Å²) < 4.78 is 0. The lowest BCUT2D eigenvalue weighted by molar-refractivity contribution is 0.245. The van der Waals surface area contributed by atoms with Gasteiger partial charge in [-0.25, -0.2) is 4.79 Å². The van der Waals surface area contributed by atoms with Crippen molar-refractivity contribution >= 4 is 6.03 Å². The average Bonchev–Trinajstić information content (AvgIpc) is 2.16. The lowest BCUT2D eigenvalue weighted by Gasteiger charge is -2.20. The molecule has 0 rings (SSSR count). The Morgan fingerprint density at radius 1 is 1.25 bits per heavy atom. The van der Waals surface area contributed by atoms with Crippen molar-refractivity contribution in [2.75, 3.05) is 7.05 Å². The Morgan fingerprint density at radius 2 is 1.81 bits per heavy atom. The van der Waals surface area contributed by atoms with E-state index in [-0.39, 0.29) is 11.4 Å². The van der Waals surface area contributed by atoms with E-state index < -0.39 is 0 Å². The number of hydrogen-bond acceptors (Lipinski definition) is 1. The van der Waals surface area contributed by atoms with Crippen LogP contribution in [0.5, 0.6) is 0 Å². The van der Waals surface area contributed by atoms with Gasteiger partial charge in [0, 0.05) is 12.7 Å². The highest BCUT2D eigenvalue weighted by atomic mass is 16.2. The number of urea groups is 1. The molecular formula is C13H22N2O. The third kappa shape index (κ3) is 5.39. The van der Waals surface area contributed by atoms with Crippen molar-refractivity contribution in [2.45, 2.75) is 27.7 Å². The first-order chi connectivity index (χ1) is 7.31. The molecule has 0 radical (unpaired) electrons. The average molecular weight is 222 g/mol. The van der Waals surface area contributed by atoms with Crippen molar-refractivity contribution in [3.05, 3.63) is 36.1 Å². The van der Waals surface area contributed by atoms with Gasteiger partial charge in [0.2, 0.25) is 0 Å². The molecule has 0 fully saturated rings. The molecule has 0 saturated heterocycles. The SMILES string of the molecule is C=C(/C=C\C(=C/C)C(C)(C)C)NC(=O)NC. The molecule has 0 aliphatic carbocycles. The lowest BCUT2D eigenvalue weighted by atomic mass is 9.86. The molecule has 0 bridgehead atoms. The van der Waals surface area contributed by atoms with Crippen LogP contribution in [0.1, 0.15) is 27.7 Å². The number of nitrogens with one attached hydrogen (secondary N) is 2. The van der Waals surface area contributed by atoms with E-state index in [4.69, 9.17) is 0 Å². The van der Waals surface area contributed by atoms with E-state index in [0.29, 0.717) is 5.70 Å². The van der Waals surface area contributed by atoms with Gasteiger partial charge in [0.25, 0.3) is 0 Å². The van der Waals surface area contributed by atoms with Crippen LogP contribution in [0.3, 0.4) is 0 Å². The van der Waals surface area contributed by atoms with E-state index in [0.717, 1.165) is 0 Å². The summed E-state index contributed by atoms with van der Waals surface area (Å²) in [6.07, 6.45) is 5.83. The minimum atomic E-state index is -0.257. The molecule has 0 atom stereocenters. The van der Waals surface area contributed by atoms with Crippen molar-refractivity contribution in [1.82, 2.24) is 10.6 Å². The minimum absolute atomic E-state index is 0.0958. The van der Waals surface area contributed by atoms with E-state index in [1.165, 1.54) is 5.57 Å². The number of allylic oxidation sites excluding steroid dienone is 4. The smallest absolute Gasteiger partial charge is 0.318 e. The lowest BCUT2D eigenvalue weighted by Crippen LogP contribution is -2.31. The molecule has 90 valence electrons. The Hall–Kier alpha value is -1.51. The zero-order valence-corrected chi connectivity index (χ0v) is 10.8. The van der Waals surface area contributed by atoms with Gasteiger partial charge in [-0.15, -0.1) is 0 Å². The molecule has 16 heavy (non-hydrogen) atoms. The van der Waals surface area contributed by atoms with E-state index in [1.54, 1.807) is 13.1 Å². The summed E-state index contributed by atoms with van der Waals surface area (Å²) in [5.41, 5.74) is 1.87. The summed E-state index contributed by atoms with van der Waals surface area (Å²) in [5.74, 6) is 0. The van der Waals surface area contributed by atoms with Crippen LogP contribution in [-0.4, -0.2) is 13.1 Å². The van der Waals surface area contributed by atoms with Crippen LogP contribution < -0.4 is 10.6 Å². The van der Waals surface area contributed by atoms with Gasteiger partial charge in [-0.05, 0) is 24.0 Å². The van der Waals surface area contributed by atoms with Crippen LogP contribution in [-0.2, 0) is 0 Å². The number of rotatable bonds is 3. The molecule has 3 heteroatoms. The summed E-state index contributed by atoms with van der Waals surface area (Å²) in [5, 5.41) is 5.07. The summed E-state index contributed by atoms with van der Waals surface area (Å²) in [7, 11) is 1.57. The topological polar surface area (TPSA) is 41.1 Å². The molecule has 0 heterocycles. The molecule has 2 N–H and O–H groups in total. The molecule has 0 spiro atoms. The van der Waals surface area contributed by atoms with Crippen LogP contribution in [0.15, 0.2) is 36.1 Å². The van der Waals surface area contributed by atoms with Crippen LogP contribution in [0.2, 0.25) is 0 Å². The van der Waals surface area contributed by atoms with Crippen LogP contribution in [0, 0.1) is 5.41 Å². The highest BCUT2D eigenvalue weighted by Crippen LogP contribution is 2.26. The molecule has 0 aromatic rings. The highest BCUT2D eigenvalue weighted by Gasteiger charge is 2.13. The zero-order chi connectivity index (χ0) is 12.8. The Morgan fingerprint density at radius 3 is 2.19 bits per heavy atom. The fourth-order valence-corrected chi connectivity index (χ4v) is 1.22. The first kappa shape index (κ1) is 14.5. The van der Waals surface area contributed by atoms with E-state index >= 15 is 0 Å². The molecule has 0 aromatic heterocycles. The second kappa shape index (κ2) is 6.16. The van der Waals surface area contributed by atoms with Gasteiger partial charge in [0.15, 0.2) is 0 Å². The second-order valence-electron chi connectivity index (χ2n) is 4.56. The van der Waals surface area contributed by atoms with Crippen LogP contribution in [0.25, 0.3) is 0 Å². The Labute approximate surface area is 98.3 Å². The van der Waals surface area contributed by atoms with Crippen LogP contribution in [0.4, 0.5) is 4.79 Å². The summed E-state index contributed by atoms with van der Waals surface area (Å²) in [4.78, 5) is 11.0. The minimum Gasteiger partial charge on any atom is -0.341 e. The van der Waals surface area contributed by atoms with Crippen molar-refractivity contribution in [1.29, 1.82) is 0 Å². The Bertz CT molecular complexity index is 319. The maximum Gasteiger partial charge on any atom is 0.318 e. The first-order valence-corrected chi connectivity index (χ1v) is 5.33. The van der Waals surface area contributed by atoms with Gasteiger partial charge < -0.3 is 10.6 Å². The van der Waals surface area contributed by atoms with Gasteiger partial charge in [-0.2, -0.15) is 0 Å². The van der Waals surface area contributed by atoms with Crippen molar-refractivity contribution < 1.29 is 4.79 Å². The Kier molecular flexibility index (Phi) is 5.57. The highest BCUT2D eigenvalue weighted by molar-refractivity contribution is 5.75. The fraction of sp³-hybridized carbons (Fsp3) is 0.462. The summed E-state index contributed by atoms with van der Waals surface area (Å²) in [6, 6.07) is -0.257. The van der Waals surface area contributed by atoms with Gasteiger partial charge in [0.05, 0.1) is 0 Å². The number of carbonyl (C=O) groups excluding carboxylic acids is 1. The third-order valence-corrected chi connectivity index (χ3v) is 2.14. The number of amides is 2. The van der Waals surface area contributed by atoms with E-state index in [9.17, 15) is 4.79 Å². The molecule has 0 aliphatic heterocycles. The Balaban J connectivity index is 4.49. The first-order valence-electron chi connectivity index (χ1n) is 5.33. The quantitative estimate of drug-likeness (QED) is 0.708. The standard InChI is InChI=1S/C13H22N2O/c1-7-11(13(3,4)5)9-8-10(2)15-12(16)14-6/h7-9H,2H2,1,3-6H3,(H2,14,15,16)/b9-8-,11-7+. The number of hydrogen-bond donors (Lipinski definition) is 2. The molecule has 3 nitrogen and oxygen atoms in total. The van der Waals surface area contributed by atoms with Gasteiger partial charge in [-0.1, -0.05) is 39.5 Å².